The zero-order valence-electron chi connectivity index (χ0n) is 32.9. The third-order valence-electron chi connectivity index (χ3n) is 11.4. The molecule has 3 saturated heterocycles. The number of anilines is 2. The molecular weight excluding hydrogens is 700 g/mol. The first kappa shape index (κ1) is 41.6. The lowest BCUT2D eigenvalue weighted by molar-refractivity contribution is -0.163. The average molecular weight is 759 g/mol. The van der Waals surface area contributed by atoms with Crippen LogP contribution in [0.2, 0.25) is 0 Å². The number of benzene rings is 2. The molecule has 2 aromatic carbocycles. The van der Waals surface area contributed by atoms with E-state index in [2.05, 4.69) is 37.2 Å². The number of allylic oxidation sites excluding steroid dienone is 1. The van der Waals surface area contributed by atoms with Crippen molar-refractivity contribution in [3.8, 4) is 0 Å². The van der Waals surface area contributed by atoms with Crippen molar-refractivity contribution in [1.82, 2.24) is 10.2 Å². The monoisotopic (exact) mass is 758 g/mol. The fourth-order valence-electron chi connectivity index (χ4n) is 8.77. The number of likely N-dealkylation sites (tertiary alicyclic amines) is 1. The topological polar surface area (TPSA) is 138 Å². The van der Waals surface area contributed by atoms with Crippen LogP contribution in [0.25, 0.3) is 0 Å². The number of hydrogen-bond acceptors (Lipinski definition) is 9. The van der Waals surface area contributed by atoms with Gasteiger partial charge in [-0.05, 0) is 68.9 Å². The fraction of sp³-hybridized carbons (Fsp3) is 0.535. The molecule has 298 valence electrons. The van der Waals surface area contributed by atoms with Gasteiger partial charge >= 0.3 is 5.97 Å². The Kier molecular flexibility index (Phi) is 13.9. The van der Waals surface area contributed by atoms with E-state index in [1.807, 2.05) is 68.4 Å². The molecule has 3 heterocycles. The SMILES string of the molecule is C=CCCC(=O)N[C@H](COC)[C@H](OC(=O)[C@@H]1[C@H]2C(=O)N([C@@H](CO)C(C)C)[C@H](C(=O)N(CC=C)c3ccc(N(CC)CC)cc3)[C@]23CC[C@H]1O3)c1ccccc1. The van der Waals surface area contributed by atoms with Crippen LogP contribution in [0.3, 0.4) is 0 Å². The van der Waals surface area contributed by atoms with Gasteiger partial charge in [0.2, 0.25) is 11.8 Å². The first-order valence-corrected chi connectivity index (χ1v) is 19.5. The van der Waals surface area contributed by atoms with E-state index in [0.29, 0.717) is 30.5 Å². The van der Waals surface area contributed by atoms with Crippen molar-refractivity contribution in [1.29, 1.82) is 0 Å². The molecule has 3 aliphatic rings. The second-order valence-electron chi connectivity index (χ2n) is 14.9. The lowest BCUT2D eigenvalue weighted by Crippen LogP contribution is -2.59. The molecule has 55 heavy (non-hydrogen) atoms. The van der Waals surface area contributed by atoms with Gasteiger partial charge in [-0.3, -0.25) is 19.2 Å². The highest BCUT2D eigenvalue weighted by Gasteiger charge is 2.76. The molecule has 0 aromatic heterocycles. The number of esters is 1. The molecule has 0 unspecified atom stereocenters. The Bertz CT molecular complexity index is 1660. The molecule has 2 N–H and O–H groups in total. The van der Waals surface area contributed by atoms with Crippen molar-refractivity contribution >= 4 is 35.1 Å². The summed E-state index contributed by atoms with van der Waals surface area (Å²) in [7, 11) is 1.50. The maximum Gasteiger partial charge on any atom is 0.313 e. The molecule has 0 radical (unpaired) electrons. The van der Waals surface area contributed by atoms with Gasteiger partial charge in [-0.1, -0.05) is 56.3 Å². The van der Waals surface area contributed by atoms with Crippen LogP contribution in [-0.4, -0.2) is 103 Å². The van der Waals surface area contributed by atoms with Gasteiger partial charge in [0.1, 0.15) is 17.7 Å². The summed E-state index contributed by atoms with van der Waals surface area (Å²) >= 11 is 0. The summed E-state index contributed by atoms with van der Waals surface area (Å²) in [6, 6.07) is 14.2. The predicted octanol–water partition coefficient (Wildman–Crippen LogP) is 4.83. The second-order valence-corrected chi connectivity index (χ2v) is 14.9. The van der Waals surface area contributed by atoms with Crippen LogP contribution in [0.5, 0.6) is 0 Å². The standard InChI is InChI=1S/C43H58N4O8/c1-8-12-18-35(49)44-32(27-53-7)38(29-16-14-13-15-17-29)54-42(52)36-34-23-24-43(55-34)37(36)40(50)47(33(26-48)28(5)6)39(43)41(51)46(25-9-2)31-21-19-30(20-22-31)45(10-3)11-4/h8-9,13-17,19-22,28,32-34,36-39,48H,1-2,10-12,18,23-27H2,3-7H3,(H,44,49)/t32-,33+,34-,36+,37+,38-,39-,43+/m1/s1. The number of rotatable bonds is 20. The number of carbonyl (C=O) groups is 4. The summed E-state index contributed by atoms with van der Waals surface area (Å²) in [4.78, 5) is 62.9. The summed E-state index contributed by atoms with van der Waals surface area (Å²) in [5.41, 5.74) is 0.957. The highest BCUT2D eigenvalue weighted by molar-refractivity contribution is 6.05. The van der Waals surface area contributed by atoms with Gasteiger partial charge in [-0.25, -0.2) is 0 Å². The summed E-state index contributed by atoms with van der Waals surface area (Å²) in [5, 5.41) is 13.7. The van der Waals surface area contributed by atoms with Gasteiger partial charge in [0.05, 0.1) is 43.2 Å². The van der Waals surface area contributed by atoms with E-state index >= 15 is 4.79 Å². The Hall–Kier alpha value is -4.52. The maximum absolute atomic E-state index is 15.1. The zero-order chi connectivity index (χ0) is 39.9. The first-order chi connectivity index (χ1) is 26.5. The summed E-state index contributed by atoms with van der Waals surface area (Å²) in [6.07, 6.45) is 3.15. The number of fused-ring (bicyclic) bond motifs is 1. The van der Waals surface area contributed by atoms with E-state index < -0.39 is 59.6 Å². The number of aliphatic hydroxyl groups is 1. The summed E-state index contributed by atoms with van der Waals surface area (Å²) < 4.78 is 18.6. The fourth-order valence-corrected chi connectivity index (χ4v) is 8.77. The third-order valence-corrected chi connectivity index (χ3v) is 11.4. The molecule has 2 aromatic rings. The van der Waals surface area contributed by atoms with Gasteiger partial charge in [0.25, 0.3) is 5.91 Å². The van der Waals surface area contributed by atoms with Crippen molar-refractivity contribution < 1.29 is 38.5 Å². The molecule has 3 amide bonds. The van der Waals surface area contributed by atoms with Crippen LogP contribution in [0.1, 0.15) is 65.0 Å². The Morgan fingerprint density at radius 3 is 2.31 bits per heavy atom. The molecule has 8 atom stereocenters. The molecule has 0 saturated carbocycles. The lowest BCUT2D eigenvalue weighted by atomic mass is 9.70. The average Bonchev–Trinajstić information content (AvgIpc) is 3.83. The molecule has 2 bridgehead atoms. The van der Waals surface area contributed by atoms with E-state index in [1.54, 1.807) is 17.1 Å². The van der Waals surface area contributed by atoms with Crippen molar-refractivity contribution in [2.45, 2.75) is 89.3 Å². The largest absolute Gasteiger partial charge is 0.455 e. The minimum atomic E-state index is -1.33. The van der Waals surface area contributed by atoms with Gasteiger partial charge in [-0.15, -0.1) is 13.2 Å². The van der Waals surface area contributed by atoms with Gasteiger partial charge in [0, 0.05) is 44.5 Å². The minimum absolute atomic E-state index is 0.0511. The molecule has 5 rings (SSSR count). The number of methoxy groups -OCH3 is 1. The summed E-state index contributed by atoms with van der Waals surface area (Å²) in [5.74, 6) is -3.98. The van der Waals surface area contributed by atoms with Crippen LogP contribution in [-0.2, 0) is 33.4 Å². The van der Waals surface area contributed by atoms with Crippen LogP contribution in [0.4, 0.5) is 11.4 Å². The Morgan fingerprint density at radius 1 is 1.05 bits per heavy atom. The Balaban J connectivity index is 1.53. The molecule has 0 aliphatic carbocycles. The number of carbonyl (C=O) groups excluding carboxylic acids is 4. The van der Waals surface area contributed by atoms with Crippen molar-refractivity contribution in [3.05, 3.63) is 85.5 Å². The number of hydrogen-bond donors (Lipinski definition) is 2. The quantitative estimate of drug-likeness (QED) is 0.144. The van der Waals surface area contributed by atoms with Gasteiger partial charge < -0.3 is 39.3 Å². The van der Waals surface area contributed by atoms with E-state index in [1.165, 1.54) is 12.0 Å². The van der Waals surface area contributed by atoms with E-state index in [4.69, 9.17) is 14.2 Å². The number of aliphatic hydroxyl groups excluding tert-OH is 1. The predicted molar refractivity (Wildman–Crippen MR) is 211 cm³/mol. The zero-order valence-corrected chi connectivity index (χ0v) is 32.9. The van der Waals surface area contributed by atoms with Crippen molar-refractivity contribution in [3.63, 3.8) is 0 Å². The molecule has 12 nitrogen and oxygen atoms in total. The molecule has 3 fully saturated rings. The number of nitrogens with one attached hydrogen (secondary N) is 1. The number of amides is 3. The molecule has 3 aliphatic heterocycles. The highest BCUT2D eigenvalue weighted by Crippen LogP contribution is 2.59. The highest BCUT2D eigenvalue weighted by atomic mass is 16.6. The molecular formula is C43H58N4O8. The first-order valence-electron chi connectivity index (χ1n) is 19.5. The normalized spacial score (nSPS) is 24.2. The Morgan fingerprint density at radius 2 is 1.73 bits per heavy atom. The Labute approximate surface area is 325 Å². The van der Waals surface area contributed by atoms with Crippen molar-refractivity contribution in [2.24, 2.45) is 17.8 Å². The van der Waals surface area contributed by atoms with Gasteiger partial charge in [-0.2, -0.15) is 0 Å². The van der Waals surface area contributed by atoms with Crippen LogP contribution >= 0.6 is 0 Å². The van der Waals surface area contributed by atoms with Crippen LogP contribution < -0.4 is 15.1 Å². The lowest BCUT2D eigenvalue weighted by Gasteiger charge is -2.40. The number of nitrogens with zero attached hydrogens (tertiary/aromatic N) is 3. The van der Waals surface area contributed by atoms with E-state index in [-0.39, 0.29) is 43.9 Å². The van der Waals surface area contributed by atoms with Crippen LogP contribution in [0.15, 0.2) is 79.9 Å². The van der Waals surface area contributed by atoms with E-state index in [9.17, 15) is 19.5 Å². The smallest absolute Gasteiger partial charge is 0.313 e. The molecule has 12 heteroatoms. The van der Waals surface area contributed by atoms with E-state index in [0.717, 1.165) is 18.8 Å². The second kappa shape index (κ2) is 18.4. The van der Waals surface area contributed by atoms with Gasteiger partial charge in [0.15, 0.2) is 0 Å². The summed E-state index contributed by atoms with van der Waals surface area (Å²) in [6.45, 7) is 17.1. The van der Waals surface area contributed by atoms with Crippen molar-refractivity contribution in [2.75, 3.05) is 49.8 Å². The van der Waals surface area contributed by atoms with Crippen LogP contribution in [0, 0.1) is 17.8 Å². The number of ether oxygens (including phenoxy) is 3. The minimum Gasteiger partial charge on any atom is -0.455 e. The third kappa shape index (κ3) is 8.22. The maximum atomic E-state index is 15.1. The molecule has 1 spiro atoms.